The second-order valence-electron chi connectivity index (χ2n) is 6.23. The molecule has 0 aliphatic carbocycles. The van der Waals surface area contributed by atoms with Crippen molar-refractivity contribution < 1.29 is 0 Å². The number of imidazole rings is 2. The van der Waals surface area contributed by atoms with Gasteiger partial charge in [0.1, 0.15) is 0 Å². The molecule has 0 saturated carbocycles. The first kappa shape index (κ1) is 14.8. The van der Waals surface area contributed by atoms with Gasteiger partial charge in [-0.1, -0.05) is 20.8 Å². The van der Waals surface area contributed by atoms with Crippen molar-refractivity contribution in [3.05, 3.63) is 36.9 Å². The lowest BCUT2D eigenvalue weighted by molar-refractivity contribution is 0.238. The number of nitrogens with one attached hydrogen (secondary N) is 1. The van der Waals surface area contributed by atoms with Crippen LogP contribution in [0, 0.1) is 5.41 Å². The van der Waals surface area contributed by atoms with Gasteiger partial charge >= 0.3 is 0 Å². The van der Waals surface area contributed by atoms with Gasteiger partial charge in [0.15, 0.2) is 0 Å². The molecule has 2 aromatic heterocycles. The van der Waals surface area contributed by atoms with E-state index in [1.807, 2.05) is 31.2 Å². The number of hydrogen-bond donors (Lipinski definition) is 1. The Balaban J connectivity index is 2.01. The molecule has 20 heavy (non-hydrogen) atoms. The molecule has 0 aliphatic heterocycles. The van der Waals surface area contributed by atoms with Gasteiger partial charge in [0.25, 0.3) is 0 Å². The molecule has 2 aromatic rings. The summed E-state index contributed by atoms with van der Waals surface area (Å²) in [5.74, 6) is 0. The Kier molecular flexibility index (Phi) is 4.60. The molecule has 0 aromatic carbocycles. The second-order valence-corrected chi connectivity index (χ2v) is 6.23. The second kappa shape index (κ2) is 6.22. The summed E-state index contributed by atoms with van der Waals surface area (Å²) < 4.78 is 4.30. The Bertz CT molecular complexity index is 507. The molecule has 110 valence electrons. The van der Waals surface area contributed by atoms with E-state index in [2.05, 4.69) is 52.1 Å². The molecule has 5 heteroatoms. The predicted octanol–water partition coefficient (Wildman–Crippen LogP) is 2.30. The van der Waals surface area contributed by atoms with E-state index in [-0.39, 0.29) is 5.41 Å². The Labute approximate surface area is 121 Å². The van der Waals surface area contributed by atoms with Crippen molar-refractivity contribution in [1.82, 2.24) is 24.4 Å². The van der Waals surface area contributed by atoms with Crippen LogP contribution in [0.3, 0.4) is 0 Å². The fourth-order valence-corrected chi connectivity index (χ4v) is 2.26. The SMILES string of the molecule is CCn1cncc1CNC(Cn1ccnc1)C(C)(C)C. The summed E-state index contributed by atoms with van der Waals surface area (Å²) in [4.78, 5) is 8.33. The van der Waals surface area contributed by atoms with Crippen molar-refractivity contribution in [2.75, 3.05) is 0 Å². The number of aryl methyl sites for hydroxylation is 1. The summed E-state index contributed by atoms with van der Waals surface area (Å²) >= 11 is 0. The molecule has 2 heterocycles. The first-order chi connectivity index (χ1) is 9.50. The van der Waals surface area contributed by atoms with E-state index in [4.69, 9.17) is 0 Å². The lowest BCUT2D eigenvalue weighted by atomic mass is 9.86. The summed E-state index contributed by atoms with van der Waals surface area (Å²) in [5, 5.41) is 3.67. The third kappa shape index (κ3) is 3.70. The summed E-state index contributed by atoms with van der Waals surface area (Å²) in [6.07, 6.45) is 9.53. The van der Waals surface area contributed by atoms with Gasteiger partial charge in [-0.25, -0.2) is 9.97 Å². The minimum Gasteiger partial charge on any atom is -0.336 e. The van der Waals surface area contributed by atoms with Crippen molar-refractivity contribution in [3.63, 3.8) is 0 Å². The largest absolute Gasteiger partial charge is 0.336 e. The Morgan fingerprint density at radius 3 is 2.65 bits per heavy atom. The van der Waals surface area contributed by atoms with E-state index >= 15 is 0 Å². The van der Waals surface area contributed by atoms with E-state index in [0.29, 0.717) is 6.04 Å². The number of aromatic nitrogens is 4. The van der Waals surface area contributed by atoms with Crippen LogP contribution in [0.4, 0.5) is 0 Å². The monoisotopic (exact) mass is 275 g/mol. The van der Waals surface area contributed by atoms with Gasteiger partial charge in [0.05, 0.1) is 18.3 Å². The number of hydrogen-bond acceptors (Lipinski definition) is 3. The third-order valence-corrected chi connectivity index (χ3v) is 3.67. The number of rotatable bonds is 6. The third-order valence-electron chi connectivity index (χ3n) is 3.67. The van der Waals surface area contributed by atoms with Gasteiger partial charge in [-0.05, 0) is 12.3 Å². The molecule has 0 saturated heterocycles. The van der Waals surface area contributed by atoms with Crippen LogP contribution in [0.5, 0.6) is 0 Å². The fourth-order valence-electron chi connectivity index (χ4n) is 2.26. The maximum Gasteiger partial charge on any atom is 0.0948 e. The van der Waals surface area contributed by atoms with Gasteiger partial charge in [-0.3, -0.25) is 0 Å². The molecular formula is C15H25N5. The number of nitrogens with zero attached hydrogens (tertiary/aromatic N) is 4. The van der Waals surface area contributed by atoms with E-state index in [9.17, 15) is 0 Å². The Hall–Kier alpha value is -1.62. The normalized spacial score (nSPS) is 13.6. The van der Waals surface area contributed by atoms with Crippen LogP contribution < -0.4 is 5.32 Å². The first-order valence-corrected chi connectivity index (χ1v) is 7.19. The van der Waals surface area contributed by atoms with Gasteiger partial charge in [-0.15, -0.1) is 0 Å². The highest BCUT2D eigenvalue weighted by Gasteiger charge is 2.24. The van der Waals surface area contributed by atoms with Crippen LogP contribution in [0.1, 0.15) is 33.4 Å². The standard InChI is InChI=1S/C15H25N5/c1-5-20-12-17-8-13(20)9-18-14(15(2,3)4)10-19-7-6-16-11-19/h6-8,11-12,14,18H,5,9-10H2,1-4H3. The average molecular weight is 275 g/mol. The maximum atomic E-state index is 4.22. The summed E-state index contributed by atoms with van der Waals surface area (Å²) in [5.41, 5.74) is 1.41. The zero-order valence-electron chi connectivity index (χ0n) is 12.9. The van der Waals surface area contributed by atoms with Crippen molar-refractivity contribution in [1.29, 1.82) is 0 Å². The van der Waals surface area contributed by atoms with E-state index < -0.39 is 0 Å². The zero-order valence-corrected chi connectivity index (χ0v) is 12.9. The van der Waals surface area contributed by atoms with Crippen LogP contribution in [-0.4, -0.2) is 25.1 Å². The minimum atomic E-state index is 0.182. The smallest absolute Gasteiger partial charge is 0.0948 e. The molecule has 0 radical (unpaired) electrons. The highest BCUT2D eigenvalue weighted by molar-refractivity contribution is 4.99. The highest BCUT2D eigenvalue weighted by atomic mass is 15.1. The Morgan fingerprint density at radius 1 is 1.25 bits per heavy atom. The zero-order chi connectivity index (χ0) is 14.6. The van der Waals surface area contributed by atoms with Crippen LogP contribution in [0.2, 0.25) is 0 Å². The van der Waals surface area contributed by atoms with Gasteiger partial charge in [0, 0.05) is 44.3 Å². The van der Waals surface area contributed by atoms with Crippen LogP contribution in [0.15, 0.2) is 31.2 Å². The highest BCUT2D eigenvalue weighted by Crippen LogP contribution is 2.21. The molecule has 0 amide bonds. The predicted molar refractivity (Wildman–Crippen MR) is 80.2 cm³/mol. The molecule has 1 N–H and O–H groups in total. The molecule has 0 bridgehead atoms. The summed E-state index contributed by atoms with van der Waals surface area (Å²) in [6.45, 7) is 11.6. The molecule has 0 spiro atoms. The van der Waals surface area contributed by atoms with Gasteiger partial charge < -0.3 is 14.5 Å². The average Bonchev–Trinajstić information content (AvgIpc) is 3.03. The molecule has 1 atom stereocenters. The molecular weight excluding hydrogens is 250 g/mol. The van der Waals surface area contributed by atoms with E-state index in [1.54, 1.807) is 0 Å². The van der Waals surface area contributed by atoms with Crippen LogP contribution in [0.25, 0.3) is 0 Å². The summed E-state index contributed by atoms with van der Waals surface area (Å²) in [6, 6.07) is 0.372. The van der Waals surface area contributed by atoms with Crippen LogP contribution >= 0.6 is 0 Å². The molecule has 2 rings (SSSR count). The lowest BCUT2D eigenvalue weighted by Gasteiger charge is -2.32. The molecule has 0 fully saturated rings. The van der Waals surface area contributed by atoms with Crippen molar-refractivity contribution in [2.24, 2.45) is 5.41 Å². The molecule has 0 aliphatic rings. The minimum absolute atomic E-state index is 0.182. The van der Waals surface area contributed by atoms with Gasteiger partial charge in [0.2, 0.25) is 0 Å². The Morgan fingerprint density at radius 2 is 2.05 bits per heavy atom. The maximum absolute atomic E-state index is 4.22. The molecule has 5 nitrogen and oxygen atoms in total. The van der Waals surface area contributed by atoms with E-state index in [0.717, 1.165) is 19.6 Å². The first-order valence-electron chi connectivity index (χ1n) is 7.19. The van der Waals surface area contributed by atoms with E-state index in [1.165, 1.54) is 5.69 Å². The topological polar surface area (TPSA) is 47.7 Å². The fraction of sp³-hybridized carbons (Fsp3) is 0.600. The van der Waals surface area contributed by atoms with Gasteiger partial charge in [-0.2, -0.15) is 0 Å². The quantitative estimate of drug-likeness (QED) is 0.880. The lowest BCUT2D eigenvalue weighted by Crippen LogP contribution is -2.43. The summed E-state index contributed by atoms with van der Waals surface area (Å²) in [7, 11) is 0. The van der Waals surface area contributed by atoms with Crippen LogP contribution in [-0.2, 0) is 19.6 Å². The van der Waals surface area contributed by atoms with Crippen molar-refractivity contribution in [2.45, 2.75) is 53.4 Å². The molecule has 1 unspecified atom stereocenters. The van der Waals surface area contributed by atoms with Crippen molar-refractivity contribution in [3.8, 4) is 0 Å². The van der Waals surface area contributed by atoms with Crippen molar-refractivity contribution >= 4 is 0 Å².